The smallest absolute Gasteiger partial charge is 0.201 e. The van der Waals surface area contributed by atoms with Gasteiger partial charge in [-0.05, 0) is 50.6 Å². The van der Waals surface area contributed by atoms with Crippen LogP contribution in [0, 0.1) is 6.92 Å². The molecule has 2 heterocycles. The average Bonchev–Trinajstić information content (AvgIpc) is 2.71. The first-order valence-corrected chi connectivity index (χ1v) is 6.25. The first-order valence-electron chi connectivity index (χ1n) is 6.25. The van der Waals surface area contributed by atoms with Gasteiger partial charge < -0.3 is 15.6 Å². The van der Waals surface area contributed by atoms with E-state index in [-0.39, 0.29) is 0 Å². The molecule has 0 radical (unpaired) electrons. The van der Waals surface area contributed by atoms with Crippen molar-refractivity contribution in [3.63, 3.8) is 0 Å². The summed E-state index contributed by atoms with van der Waals surface area (Å²) in [4.78, 5) is 7.90. The molecule has 17 heavy (non-hydrogen) atoms. The van der Waals surface area contributed by atoms with Gasteiger partial charge in [0.1, 0.15) is 0 Å². The fourth-order valence-electron chi connectivity index (χ4n) is 2.35. The van der Waals surface area contributed by atoms with E-state index in [1.54, 1.807) is 0 Å². The van der Waals surface area contributed by atoms with Gasteiger partial charge in [-0.2, -0.15) is 0 Å². The van der Waals surface area contributed by atoms with Gasteiger partial charge in [-0.3, -0.25) is 0 Å². The molecule has 1 aliphatic heterocycles. The number of aromatic amines is 1. The number of fused-ring (bicyclic) bond motifs is 1. The lowest BCUT2D eigenvalue weighted by atomic mass is 10.1. The van der Waals surface area contributed by atoms with E-state index in [1.165, 1.54) is 5.56 Å². The van der Waals surface area contributed by atoms with Crippen molar-refractivity contribution in [1.29, 1.82) is 0 Å². The van der Waals surface area contributed by atoms with Crippen LogP contribution in [0.25, 0.3) is 11.0 Å². The number of nitrogens with one attached hydrogen (secondary N) is 3. The van der Waals surface area contributed by atoms with Crippen LogP contribution in [-0.4, -0.2) is 29.1 Å². The van der Waals surface area contributed by atoms with Gasteiger partial charge in [0, 0.05) is 6.04 Å². The van der Waals surface area contributed by atoms with E-state index in [4.69, 9.17) is 0 Å². The Bertz CT molecular complexity index is 511. The fourth-order valence-corrected chi connectivity index (χ4v) is 2.35. The summed E-state index contributed by atoms with van der Waals surface area (Å²) in [6.07, 6.45) is 2.33. The second-order valence-corrected chi connectivity index (χ2v) is 4.77. The third kappa shape index (κ3) is 2.26. The molecule has 4 nitrogen and oxygen atoms in total. The predicted octanol–water partition coefficient (Wildman–Crippen LogP) is 2.04. The van der Waals surface area contributed by atoms with Gasteiger partial charge in [-0.1, -0.05) is 6.07 Å². The second kappa shape index (κ2) is 4.37. The largest absolute Gasteiger partial charge is 0.353 e. The number of H-pyrrole nitrogens is 1. The van der Waals surface area contributed by atoms with Crippen LogP contribution in [-0.2, 0) is 0 Å². The number of imidazole rings is 1. The highest BCUT2D eigenvalue weighted by Gasteiger charge is 2.13. The van der Waals surface area contributed by atoms with E-state index in [0.29, 0.717) is 6.04 Å². The molecule has 1 saturated heterocycles. The van der Waals surface area contributed by atoms with Gasteiger partial charge >= 0.3 is 0 Å². The highest BCUT2D eigenvalue weighted by Crippen LogP contribution is 2.17. The van der Waals surface area contributed by atoms with Crippen LogP contribution in [0.3, 0.4) is 0 Å². The maximum Gasteiger partial charge on any atom is 0.201 e. The topological polar surface area (TPSA) is 52.7 Å². The minimum Gasteiger partial charge on any atom is -0.353 e. The average molecular weight is 230 g/mol. The van der Waals surface area contributed by atoms with E-state index in [2.05, 4.69) is 45.7 Å². The van der Waals surface area contributed by atoms with Gasteiger partial charge in [0.15, 0.2) is 0 Å². The summed E-state index contributed by atoms with van der Waals surface area (Å²) < 4.78 is 0. The molecule has 0 aliphatic carbocycles. The number of benzene rings is 1. The van der Waals surface area contributed by atoms with Gasteiger partial charge in [0.2, 0.25) is 5.95 Å². The van der Waals surface area contributed by atoms with Gasteiger partial charge in [0.05, 0.1) is 11.0 Å². The zero-order chi connectivity index (χ0) is 11.7. The number of anilines is 1. The Hall–Kier alpha value is -1.55. The Morgan fingerprint density at radius 2 is 2.12 bits per heavy atom. The molecule has 1 aromatic heterocycles. The first-order chi connectivity index (χ1) is 8.31. The molecule has 0 atom stereocenters. The molecule has 0 unspecified atom stereocenters. The molecule has 0 bridgehead atoms. The minimum absolute atomic E-state index is 0.540. The Kier molecular flexibility index (Phi) is 2.73. The Morgan fingerprint density at radius 3 is 2.94 bits per heavy atom. The second-order valence-electron chi connectivity index (χ2n) is 4.77. The highest BCUT2D eigenvalue weighted by molar-refractivity contribution is 5.78. The molecule has 2 aromatic rings. The molecular weight excluding hydrogens is 212 g/mol. The summed E-state index contributed by atoms with van der Waals surface area (Å²) in [7, 11) is 0. The lowest BCUT2D eigenvalue weighted by Gasteiger charge is -2.23. The number of rotatable bonds is 2. The maximum absolute atomic E-state index is 4.56. The summed E-state index contributed by atoms with van der Waals surface area (Å²) >= 11 is 0. The normalized spacial score (nSPS) is 17.5. The van der Waals surface area contributed by atoms with Crippen molar-refractivity contribution >= 4 is 17.0 Å². The number of aromatic nitrogens is 2. The first kappa shape index (κ1) is 10.6. The van der Waals surface area contributed by atoms with Crippen LogP contribution >= 0.6 is 0 Å². The van der Waals surface area contributed by atoms with Crippen molar-refractivity contribution in [1.82, 2.24) is 15.3 Å². The number of hydrogen-bond donors (Lipinski definition) is 3. The summed E-state index contributed by atoms with van der Waals surface area (Å²) in [6.45, 7) is 4.29. The Morgan fingerprint density at radius 1 is 1.29 bits per heavy atom. The van der Waals surface area contributed by atoms with E-state index in [9.17, 15) is 0 Å². The van der Waals surface area contributed by atoms with Crippen molar-refractivity contribution < 1.29 is 0 Å². The molecule has 3 N–H and O–H groups in total. The Balaban J connectivity index is 1.80. The zero-order valence-electron chi connectivity index (χ0n) is 10.1. The fraction of sp³-hybridized carbons (Fsp3) is 0.462. The van der Waals surface area contributed by atoms with Crippen LogP contribution in [0.4, 0.5) is 5.95 Å². The van der Waals surface area contributed by atoms with E-state index in [1.807, 2.05) is 0 Å². The molecule has 90 valence electrons. The summed E-state index contributed by atoms with van der Waals surface area (Å²) in [5.41, 5.74) is 3.41. The lowest BCUT2D eigenvalue weighted by Crippen LogP contribution is -2.35. The molecule has 1 fully saturated rings. The van der Waals surface area contributed by atoms with Crippen molar-refractivity contribution in [2.45, 2.75) is 25.8 Å². The lowest BCUT2D eigenvalue weighted by molar-refractivity contribution is 0.477. The van der Waals surface area contributed by atoms with E-state index in [0.717, 1.165) is 42.9 Å². The van der Waals surface area contributed by atoms with E-state index >= 15 is 0 Å². The van der Waals surface area contributed by atoms with Crippen LogP contribution < -0.4 is 10.6 Å². The van der Waals surface area contributed by atoms with Crippen LogP contribution in [0.2, 0.25) is 0 Å². The molecular formula is C13H18N4. The zero-order valence-corrected chi connectivity index (χ0v) is 10.1. The van der Waals surface area contributed by atoms with Crippen molar-refractivity contribution in [3.05, 3.63) is 23.8 Å². The monoisotopic (exact) mass is 230 g/mol. The van der Waals surface area contributed by atoms with Crippen LogP contribution in [0.1, 0.15) is 18.4 Å². The standard InChI is InChI=1S/C13H18N4/c1-9-2-3-11-12(8-9)17-13(16-11)15-10-4-6-14-7-5-10/h2-3,8,10,14H,4-7H2,1H3,(H2,15,16,17). The molecule has 0 spiro atoms. The number of hydrogen-bond acceptors (Lipinski definition) is 3. The molecule has 0 saturated carbocycles. The quantitative estimate of drug-likeness (QED) is 0.740. The molecule has 0 amide bonds. The van der Waals surface area contributed by atoms with Crippen LogP contribution in [0.15, 0.2) is 18.2 Å². The minimum atomic E-state index is 0.540. The van der Waals surface area contributed by atoms with Gasteiger partial charge in [-0.15, -0.1) is 0 Å². The number of aryl methyl sites for hydroxylation is 1. The summed E-state index contributed by atoms with van der Waals surface area (Å²) in [5.74, 6) is 0.900. The van der Waals surface area contributed by atoms with Crippen molar-refractivity contribution in [2.75, 3.05) is 18.4 Å². The molecule has 1 aromatic carbocycles. The Labute approximate surface area is 101 Å². The van der Waals surface area contributed by atoms with Gasteiger partial charge in [0.25, 0.3) is 0 Å². The number of nitrogens with zero attached hydrogens (tertiary/aromatic N) is 1. The molecule has 1 aliphatic rings. The molecule has 4 heteroatoms. The van der Waals surface area contributed by atoms with Crippen molar-refractivity contribution in [3.8, 4) is 0 Å². The SMILES string of the molecule is Cc1ccc2nc(NC3CCNCC3)[nH]c2c1. The third-order valence-electron chi connectivity index (χ3n) is 3.32. The maximum atomic E-state index is 4.56. The summed E-state index contributed by atoms with van der Waals surface area (Å²) in [5, 5.41) is 6.85. The van der Waals surface area contributed by atoms with E-state index < -0.39 is 0 Å². The van der Waals surface area contributed by atoms with Crippen molar-refractivity contribution in [2.24, 2.45) is 0 Å². The summed E-state index contributed by atoms with van der Waals surface area (Å²) in [6, 6.07) is 6.83. The van der Waals surface area contributed by atoms with Gasteiger partial charge in [-0.25, -0.2) is 4.98 Å². The number of piperidine rings is 1. The highest BCUT2D eigenvalue weighted by atomic mass is 15.1. The van der Waals surface area contributed by atoms with Crippen LogP contribution in [0.5, 0.6) is 0 Å². The molecule has 3 rings (SSSR count). The third-order valence-corrected chi connectivity index (χ3v) is 3.32. The predicted molar refractivity (Wildman–Crippen MR) is 70.3 cm³/mol.